The second-order valence-electron chi connectivity index (χ2n) is 5.69. The van der Waals surface area contributed by atoms with Gasteiger partial charge in [-0.2, -0.15) is 0 Å². The van der Waals surface area contributed by atoms with Crippen molar-refractivity contribution < 1.29 is 9.47 Å². The highest BCUT2D eigenvalue weighted by atomic mass is 16.5. The van der Waals surface area contributed by atoms with E-state index in [-0.39, 0.29) is 0 Å². The lowest BCUT2D eigenvalue weighted by atomic mass is 10.2. The number of ether oxygens (including phenoxy) is 2. The Balaban J connectivity index is 1.40. The summed E-state index contributed by atoms with van der Waals surface area (Å²) in [7, 11) is 0. The van der Waals surface area contributed by atoms with Gasteiger partial charge in [0.05, 0.1) is 19.8 Å². The Bertz CT molecular complexity index is 481. The van der Waals surface area contributed by atoms with Crippen molar-refractivity contribution in [3.8, 4) is 5.75 Å². The van der Waals surface area contributed by atoms with Gasteiger partial charge in [0.15, 0.2) is 0 Å². The monoisotopic (exact) mass is 303 g/mol. The van der Waals surface area contributed by atoms with E-state index in [4.69, 9.17) is 9.47 Å². The van der Waals surface area contributed by atoms with E-state index < -0.39 is 0 Å². The standard InChI is InChI=1S/C17H25N3O2/c1-7-18-17(19-8-1)15-3-5-16(6-4-15)22-12-2-9-20-10-13-21-14-11-20/h3-6H,1-2,7-14H2,(H,18,19). The molecule has 5 nitrogen and oxygen atoms in total. The summed E-state index contributed by atoms with van der Waals surface area (Å²) in [5, 5.41) is 3.34. The fourth-order valence-corrected chi connectivity index (χ4v) is 2.74. The molecule has 1 aromatic rings. The number of hydrogen-bond acceptors (Lipinski definition) is 5. The van der Waals surface area contributed by atoms with Crippen LogP contribution in [0.3, 0.4) is 0 Å². The number of hydrogen-bond donors (Lipinski definition) is 1. The topological polar surface area (TPSA) is 46.1 Å². The average Bonchev–Trinajstić information content (AvgIpc) is 2.61. The molecule has 1 aromatic carbocycles. The van der Waals surface area contributed by atoms with E-state index in [1.807, 2.05) is 12.1 Å². The van der Waals surface area contributed by atoms with Crippen molar-refractivity contribution in [3.05, 3.63) is 29.8 Å². The third-order valence-electron chi connectivity index (χ3n) is 4.02. The molecule has 0 amide bonds. The first-order valence-electron chi connectivity index (χ1n) is 8.23. The molecule has 0 radical (unpaired) electrons. The summed E-state index contributed by atoms with van der Waals surface area (Å²) in [5.41, 5.74) is 1.14. The van der Waals surface area contributed by atoms with E-state index in [1.165, 1.54) is 0 Å². The van der Waals surface area contributed by atoms with Gasteiger partial charge in [-0.05, 0) is 37.1 Å². The first-order valence-corrected chi connectivity index (χ1v) is 8.23. The smallest absolute Gasteiger partial charge is 0.128 e. The predicted molar refractivity (Wildman–Crippen MR) is 87.8 cm³/mol. The zero-order valence-corrected chi connectivity index (χ0v) is 13.1. The summed E-state index contributed by atoms with van der Waals surface area (Å²) in [6.45, 7) is 7.59. The van der Waals surface area contributed by atoms with Crippen LogP contribution in [-0.4, -0.2) is 63.3 Å². The molecular formula is C17H25N3O2. The van der Waals surface area contributed by atoms with Gasteiger partial charge < -0.3 is 14.8 Å². The maximum Gasteiger partial charge on any atom is 0.128 e. The molecule has 0 spiro atoms. The van der Waals surface area contributed by atoms with E-state index in [9.17, 15) is 0 Å². The summed E-state index contributed by atoms with van der Waals surface area (Å²) < 4.78 is 11.2. The van der Waals surface area contributed by atoms with Gasteiger partial charge in [0, 0.05) is 38.3 Å². The summed E-state index contributed by atoms with van der Waals surface area (Å²) in [6.07, 6.45) is 2.17. The Morgan fingerprint density at radius 1 is 1.18 bits per heavy atom. The minimum atomic E-state index is 0.760. The molecule has 3 rings (SSSR count). The van der Waals surface area contributed by atoms with Crippen molar-refractivity contribution >= 4 is 5.84 Å². The zero-order valence-electron chi connectivity index (χ0n) is 13.1. The molecule has 0 bridgehead atoms. The van der Waals surface area contributed by atoms with Crippen LogP contribution >= 0.6 is 0 Å². The van der Waals surface area contributed by atoms with E-state index >= 15 is 0 Å². The Morgan fingerprint density at radius 3 is 2.73 bits per heavy atom. The lowest BCUT2D eigenvalue weighted by Gasteiger charge is -2.26. The van der Waals surface area contributed by atoms with Crippen LogP contribution in [-0.2, 0) is 4.74 Å². The van der Waals surface area contributed by atoms with Gasteiger partial charge in [0.1, 0.15) is 11.6 Å². The van der Waals surface area contributed by atoms with E-state index in [0.717, 1.165) is 82.5 Å². The third kappa shape index (κ3) is 4.45. The summed E-state index contributed by atoms with van der Waals surface area (Å²) in [5.74, 6) is 1.94. The lowest BCUT2D eigenvalue weighted by molar-refractivity contribution is 0.0358. The second kappa shape index (κ2) is 8.15. The predicted octanol–water partition coefficient (Wildman–Crippen LogP) is 1.53. The van der Waals surface area contributed by atoms with E-state index in [2.05, 4.69) is 27.3 Å². The van der Waals surface area contributed by atoms with Gasteiger partial charge in [0.25, 0.3) is 0 Å². The summed E-state index contributed by atoms with van der Waals surface area (Å²) in [6, 6.07) is 8.22. The SMILES string of the molecule is c1cc(C2=NCCCN2)ccc1OCCCN1CCOCC1. The fraction of sp³-hybridized carbons (Fsp3) is 0.588. The number of benzene rings is 1. The molecule has 0 unspecified atom stereocenters. The van der Waals surface area contributed by atoms with Crippen molar-refractivity contribution in [2.45, 2.75) is 12.8 Å². The molecule has 2 heterocycles. The summed E-state index contributed by atoms with van der Waals surface area (Å²) >= 11 is 0. The van der Waals surface area contributed by atoms with Crippen molar-refractivity contribution in [2.75, 3.05) is 52.5 Å². The van der Waals surface area contributed by atoms with Gasteiger partial charge in [-0.25, -0.2) is 0 Å². The van der Waals surface area contributed by atoms with E-state index in [1.54, 1.807) is 0 Å². The number of rotatable bonds is 6. The second-order valence-corrected chi connectivity index (χ2v) is 5.69. The van der Waals surface area contributed by atoms with Crippen molar-refractivity contribution in [3.63, 3.8) is 0 Å². The molecule has 1 N–H and O–H groups in total. The molecule has 1 saturated heterocycles. The van der Waals surface area contributed by atoms with Crippen LogP contribution in [0.5, 0.6) is 5.75 Å². The summed E-state index contributed by atoms with van der Waals surface area (Å²) in [4.78, 5) is 6.94. The van der Waals surface area contributed by atoms with E-state index in [0.29, 0.717) is 0 Å². The normalized spacial score (nSPS) is 19.4. The van der Waals surface area contributed by atoms with Crippen LogP contribution in [0.2, 0.25) is 0 Å². The molecule has 0 aromatic heterocycles. The fourth-order valence-electron chi connectivity index (χ4n) is 2.74. The number of morpholine rings is 1. The Labute approximate surface area is 132 Å². The van der Waals surface area contributed by atoms with Crippen LogP contribution in [0.15, 0.2) is 29.3 Å². The van der Waals surface area contributed by atoms with Crippen molar-refractivity contribution in [2.24, 2.45) is 4.99 Å². The molecule has 0 saturated carbocycles. The van der Waals surface area contributed by atoms with Crippen LogP contribution in [0.1, 0.15) is 18.4 Å². The number of aliphatic imine (C=N–C) groups is 1. The van der Waals surface area contributed by atoms with Gasteiger partial charge in [-0.15, -0.1) is 0 Å². The van der Waals surface area contributed by atoms with Gasteiger partial charge in [-0.3, -0.25) is 9.89 Å². The lowest BCUT2D eigenvalue weighted by Crippen LogP contribution is -2.37. The van der Waals surface area contributed by atoms with Crippen LogP contribution in [0, 0.1) is 0 Å². The molecule has 2 aliphatic rings. The highest BCUT2D eigenvalue weighted by Crippen LogP contribution is 2.13. The average molecular weight is 303 g/mol. The van der Waals surface area contributed by atoms with Gasteiger partial charge in [-0.1, -0.05) is 0 Å². The Morgan fingerprint density at radius 2 is 2.00 bits per heavy atom. The van der Waals surface area contributed by atoms with Crippen LogP contribution < -0.4 is 10.1 Å². The molecule has 5 heteroatoms. The Hall–Kier alpha value is -1.59. The minimum Gasteiger partial charge on any atom is -0.494 e. The van der Waals surface area contributed by atoms with Crippen molar-refractivity contribution in [1.82, 2.24) is 10.2 Å². The largest absolute Gasteiger partial charge is 0.494 e. The molecular weight excluding hydrogens is 278 g/mol. The highest BCUT2D eigenvalue weighted by molar-refractivity contribution is 5.99. The molecule has 120 valence electrons. The van der Waals surface area contributed by atoms with Crippen LogP contribution in [0.4, 0.5) is 0 Å². The third-order valence-corrected chi connectivity index (χ3v) is 4.02. The first kappa shape index (κ1) is 15.3. The number of nitrogens with one attached hydrogen (secondary N) is 1. The number of amidine groups is 1. The molecule has 0 aliphatic carbocycles. The first-order chi connectivity index (χ1) is 10.9. The van der Waals surface area contributed by atoms with Crippen molar-refractivity contribution in [1.29, 1.82) is 0 Å². The minimum absolute atomic E-state index is 0.760. The maximum absolute atomic E-state index is 5.82. The molecule has 1 fully saturated rings. The number of nitrogens with zero attached hydrogens (tertiary/aromatic N) is 2. The molecule has 0 atom stereocenters. The maximum atomic E-state index is 5.82. The highest BCUT2D eigenvalue weighted by Gasteiger charge is 2.09. The zero-order chi connectivity index (χ0) is 15.0. The molecule has 2 aliphatic heterocycles. The Kier molecular flexibility index (Phi) is 5.67. The molecule has 22 heavy (non-hydrogen) atoms. The van der Waals surface area contributed by atoms with Crippen LogP contribution in [0.25, 0.3) is 0 Å². The quantitative estimate of drug-likeness (QED) is 0.810. The van der Waals surface area contributed by atoms with Gasteiger partial charge >= 0.3 is 0 Å². The van der Waals surface area contributed by atoms with Gasteiger partial charge in [0.2, 0.25) is 0 Å².